The van der Waals surface area contributed by atoms with Crippen molar-refractivity contribution < 1.29 is 19.0 Å². The molecular formula is C13H21NO4. The third-order valence-electron chi connectivity index (χ3n) is 3.55. The second kappa shape index (κ2) is 6.31. The van der Waals surface area contributed by atoms with Gasteiger partial charge in [0.25, 0.3) is 0 Å². The zero-order valence-corrected chi connectivity index (χ0v) is 10.8. The maximum atomic E-state index is 12.0. The Morgan fingerprint density at radius 1 is 1.56 bits per heavy atom. The molecule has 0 aromatic rings. The zero-order chi connectivity index (χ0) is 13.0. The van der Waals surface area contributed by atoms with E-state index in [9.17, 15) is 4.79 Å². The quantitative estimate of drug-likeness (QED) is 0.675. The van der Waals surface area contributed by atoms with Crippen LogP contribution in [-0.4, -0.2) is 62.5 Å². The molecule has 5 heteroatoms. The molecule has 2 aliphatic rings. The molecule has 0 aromatic carbocycles. The molecule has 1 aliphatic heterocycles. The number of fused-ring (bicyclic) bond motifs is 2. The summed E-state index contributed by atoms with van der Waals surface area (Å²) in [6.07, 6.45) is 3.68. The van der Waals surface area contributed by atoms with Gasteiger partial charge in [-0.3, -0.25) is 4.79 Å². The van der Waals surface area contributed by atoms with Crippen molar-refractivity contribution in [2.75, 3.05) is 33.5 Å². The van der Waals surface area contributed by atoms with E-state index in [0.29, 0.717) is 19.8 Å². The molecule has 1 saturated carbocycles. The number of hydrogen-bond acceptors (Lipinski definition) is 4. The number of hydrogen-bond donors (Lipinski definition) is 0. The van der Waals surface area contributed by atoms with Crippen LogP contribution in [0.4, 0.5) is 0 Å². The summed E-state index contributed by atoms with van der Waals surface area (Å²) in [5.74, 6) is 0.0147. The lowest BCUT2D eigenvalue weighted by molar-refractivity contribution is -0.139. The minimum absolute atomic E-state index is 0.0147. The first-order valence-electron chi connectivity index (χ1n) is 6.40. The van der Waals surface area contributed by atoms with Gasteiger partial charge < -0.3 is 19.1 Å². The highest BCUT2D eigenvalue weighted by atomic mass is 16.5. The van der Waals surface area contributed by atoms with E-state index in [-0.39, 0.29) is 30.8 Å². The molecule has 102 valence electrons. The maximum Gasteiger partial charge on any atom is 0.248 e. The molecule has 2 bridgehead atoms. The van der Waals surface area contributed by atoms with Crippen LogP contribution in [0.1, 0.15) is 12.8 Å². The number of methoxy groups -OCH3 is 1. The summed E-state index contributed by atoms with van der Waals surface area (Å²) >= 11 is 0. The molecule has 18 heavy (non-hydrogen) atoms. The number of carbonyl (C=O) groups excluding carboxylic acids is 1. The van der Waals surface area contributed by atoms with Gasteiger partial charge in [-0.15, -0.1) is 6.58 Å². The van der Waals surface area contributed by atoms with Crippen LogP contribution in [0, 0.1) is 0 Å². The molecule has 1 aliphatic carbocycles. The van der Waals surface area contributed by atoms with Gasteiger partial charge in [0.05, 0.1) is 25.4 Å². The molecule has 2 rings (SSSR count). The van der Waals surface area contributed by atoms with Gasteiger partial charge in [0, 0.05) is 13.7 Å². The number of amides is 1. The molecule has 2 fully saturated rings. The topological polar surface area (TPSA) is 48.0 Å². The molecule has 3 unspecified atom stereocenters. The summed E-state index contributed by atoms with van der Waals surface area (Å²) in [6.45, 7) is 5.47. The van der Waals surface area contributed by atoms with E-state index in [0.717, 1.165) is 12.8 Å². The summed E-state index contributed by atoms with van der Waals surface area (Å²) in [4.78, 5) is 13.9. The van der Waals surface area contributed by atoms with Crippen molar-refractivity contribution in [1.82, 2.24) is 4.90 Å². The minimum atomic E-state index is -0.0358. The first kappa shape index (κ1) is 13.5. The Hall–Kier alpha value is -0.910. The van der Waals surface area contributed by atoms with Crippen molar-refractivity contribution in [3.8, 4) is 0 Å². The van der Waals surface area contributed by atoms with E-state index >= 15 is 0 Å². The van der Waals surface area contributed by atoms with Gasteiger partial charge in [0.2, 0.25) is 5.91 Å². The van der Waals surface area contributed by atoms with Gasteiger partial charge in [0.1, 0.15) is 12.7 Å². The fraction of sp³-hybridized carbons (Fsp3) is 0.769. The molecule has 0 radical (unpaired) electrons. The van der Waals surface area contributed by atoms with E-state index < -0.39 is 0 Å². The van der Waals surface area contributed by atoms with Crippen molar-refractivity contribution >= 4 is 5.91 Å². The fourth-order valence-corrected chi connectivity index (χ4v) is 2.80. The Labute approximate surface area is 108 Å². The van der Waals surface area contributed by atoms with Crippen molar-refractivity contribution in [2.45, 2.75) is 31.1 Å². The molecule has 1 saturated heterocycles. The van der Waals surface area contributed by atoms with Crippen molar-refractivity contribution in [1.29, 1.82) is 0 Å². The molecule has 3 atom stereocenters. The lowest BCUT2D eigenvalue weighted by Gasteiger charge is -2.30. The highest BCUT2D eigenvalue weighted by Gasteiger charge is 2.44. The van der Waals surface area contributed by atoms with Crippen molar-refractivity contribution in [3.05, 3.63) is 12.7 Å². The second-order valence-corrected chi connectivity index (χ2v) is 4.66. The highest BCUT2D eigenvalue weighted by Crippen LogP contribution is 2.32. The van der Waals surface area contributed by atoms with Crippen LogP contribution in [0.25, 0.3) is 0 Å². The lowest BCUT2D eigenvalue weighted by atomic mass is 10.1. The van der Waals surface area contributed by atoms with E-state index in [2.05, 4.69) is 6.58 Å². The number of rotatable bonds is 5. The Kier molecular flexibility index (Phi) is 4.74. The Balaban J connectivity index is 2.07. The predicted molar refractivity (Wildman–Crippen MR) is 66.3 cm³/mol. The third kappa shape index (κ3) is 2.74. The monoisotopic (exact) mass is 255 g/mol. The summed E-state index contributed by atoms with van der Waals surface area (Å²) in [5, 5.41) is 0. The number of nitrogens with zero attached hydrogens (tertiary/aromatic N) is 1. The molecule has 0 aromatic heterocycles. The molecule has 0 spiro atoms. The summed E-state index contributed by atoms with van der Waals surface area (Å²) in [5.41, 5.74) is 0. The standard InChI is InChI=1S/C13H21NO4/c1-3-7-18-13-10-4-5-11(13)17-8-6-14(10)12(15)9-16-2/h3,10-11,13H,1,4-9H2,2H3. The van der Waals surface area contributed by atoms with Crippen LogP contribution in [0.2, 0.25) is 0 Å². The van der Waals surface area contributed by atoms with Crippen LogP contribution in [-0.2, 0) is 19.0 Å². The van der Waals surface area contributed by atoms with Gasteiger partial charge >= 0.3 is 0 Å². The maximum absolute atomic E-state index is 12.0. The minimum Gasteiger partial charge on any atom is -0.375 e. The normalized spacial score (nSPS) is 31.2. The SMILES string of the molecule is C=CCOC1C2CCC1N(C(=O)COC)CCO2. The second-order valence-electron chi connectivity index (χ2n) is 4.66. The lowest BCUT2D eigenvalue weighted by Crippen LogP contribution is -2.47. The summed E-state index contributed by atoms with van der Waals surface area (Å²) in [6, 6.07) is 0.111. The molecule has 0 N–H and O–H groups in total. The Morgan fingerprint density at radius 2 is 2.39 bits per heavy atom. The molecule has 1 heterocycles. The van der Waals surface area contributed by atoms with Crippen LogP contribution >= 0.6 is 0 Å². The Morgan fingerprint density at radius 3 is 3.11 bits per heavy atom. The van der Waals surface area contributed by atoms with Crippen LogP contribution < -0.4 is 0 Å². The van der Waals surface area contributed by atoms with Crippen molar-refractivity contribution in [3.63, 3.8) is 0 Å². The van der Waals surface area contributed by atoms with Crippen LogP contribution in [0.15, 0.2) is 12.7 Å². The molecule has 1 amide bonds. The fourth-order valence-electron chi connectivity index (χ4n) is 2.80. The van der Waals surface area contributed by atoms with Gasteiger partial charge in [-0.05, 0) is 12.8 Å². The Bertz CT molecular complexity index is 307. The average molecular weight is 255 g/mol. The van der Waals surface area contributed by atoms with E-state index in [4.69, 9.17) is 14.2 Å². The van der Waals surface area contributed by atoms with Gasteiger partial charge in [-0.2, -0.15) is 0 Å². The first-order chi connectivity index (χ1) is 8.77. The largest absolute Gasteiger partial charge is 0.375 e. The summed E-state index contributed by atoms with van der Waals surface area (Å²) < 4.78 is 16.5. The van der Waals surface area contributed by atoms with E-state index in [1.54, 1.807) is 6.08 Å². The first-order valence-corrected chi connectivity index (χ1v) is 6.40. The van der Waals surface area contributed by atoms with Gasteiger partial charge in [0.15, 0.2) is 0 Å². The van der Waals surface area contributed by atoms with E-state index in [1.165, 1.54) is 7.11 Å². The average Bonchev–Trinajstić information content (AvgIpc) is 2.63. The van der Waals surface area contributed by atoms with Gasteiger partial charge in [-0.1, -0.05) is 6.08 Å². The number of ether oxygens (including phenoxy) is 3. The predicted octanol–water partition coefficient (Wildman–Crippen LogP) is 0.594. The molecular weight excluding hydrogens is 234 g/mol. The van der Waals surface area contributed by atoms with E-state index in [1.807, 2.05) is 4.90 Å². The smallest absolute Gasteiger partial charge is 0.248 e. The zero-order valence-electron chi connectivity index (χ0n) is 10.8. The van der Waals surface area contributed by atoms with Crippen molar-refractivity contribution in [2.24, 2.45) is 0 Å². The molecule has 5 nitrogen and oxygen atoms in total. The van der Waals surface area contributed by atoms with Crippen LogP contribution in [0.5, 0.6) is 0 Å². The number of carbonyl (C=O) groups is 1. The summed E-state index contributed by atoms with van der Waals surface area (Å²) in [7, 11) is 1.54. The highest BCUT2D eigenvalue weighted by molar-refractivity contribution is 5.78. The van der Waals surface area contributed by atoms with Gasteiger partial charge in [-0.25, -0.2) is 0 Å². The third-order valence-corrected chi connectivity index (χ3v) is 3.55. The van der Waals surface area contributed by atoms with Crippen LogP contribution in [0.3, 0.4) is 0 Å².